The molecular formula is C24H23ClF2N4O3. The van der Waals surface area contributed by atoms with Gasteiger partial charge >= 0.3 is 6.61 Å². The van der Waals surface area contributed by atoms with Crippen molar-refractivity contribution in [2.45, 2.75) is 20.5 Å². The minimum Gasteiger partial charge on any atom is -0.434 e. The van der Waals surface area contributed by atoms with E-state index in [9.17, 15) is 18.4 Å². The van der Waals surface area contributed by atoms with Crippen LogP contribution in [0.5, 0.6) is 5.75 Å². The van der Waals surface area contributed by atoms with E-state index < -0.39 is 12.5 Å². The molecule has 0 spiro atoms. The van der Waals surface area contributed by atoms with Crippen LogP contribution in [0.4, 0.5) is 8.78 Å². The van der Waals surface area contributed by atoms with Gasteiger partial charge in [0, 0.05) is 31.7 Å². The van der Waals surface area contributed by atoms with Crippen LogP contribution in [0.2, 0.25) is 5.02 Å². The van der Waals surface area contributed by atoms with E-state index in [1.54, 1.807) is 27.8 Å². The third-order valence-electron chi connectivity index (χ3n) is 5.75. The fraction of sp³-hybridized carbons (Fsp3) is 0.292. The van der Waals surface area contributed by atoms with Crippen LogP contribution in [-0.4, -0.2) is 64.2 Å². The van der Waals surface area contributed by atoms with E-state index >= 15 is 0 Å². The Kier molecular flexibility index (Phi) is 6.83. The molecule has 3 aromatic rings. The molecule has 1 aliphatic rings. The van der Waals surface area contributed by atoms with Crippen molar-refractivity contribution in [3.05, 3.63) is 76.1 Å². The lowest BCUT2D eigenvalue weighted by molar-refractivity contribution is -0.0503. The van der Waals surface area contributed by atoms with E-state index in [1.165, 1.54) is 23.1 Å². The Bertz CT molecular complexity index is 1210. The molecule has 0 unspecified atom stereocenters. The molecule has 0 saturated carbocycles. The molecule has 0 N–H and O–H groups in total. The number of nitrogens with zero attached hydrogens (tertiary/aromatic N) is 4. The highest BCUT2D eigenvalue weighted by Gasteiger charge is 2.27. The number of aryl methyl sites for hydroxylation is 1. The number of benzene rings is 2. The fourth-order valence-corrected chi connectivity index (χ4v) is 4.05. The SMILES string of the molecule is Cc1nn(-c2ccc(C(=O)N3CCN(C(=O)c4ccccc4OC(F)F)CC3)cc2)c(C)c1Cl. The Balaban J connectivity index is 1.40. The number of carbonyl (C=O) groups excluding carboxylic acids is 2. The van der Waals surface area contributed by atoms with Crippen molar-refractivity contribution < 1.29 is 23.1 Å². The minimum atomic E-state index is -3.02. The van der Waals surface area contributed by atoms with E-state index in [2.05, 4.69) is 9.84 Å². The van der Waals surface area contributed by atoms with Gasteiger partial charge in [-0.1, -0.05) is 23.7 Å². The van der Waals surface area contributed by atoms with E-state index in [-0.39, 0.29) is 30.3 Å². The summed E-state index contributed by atoms with van der Waals surface area (Å²) in [6, 6.07) is 13.0. The smallest absolute Gasteiger partial charge is 0.387 e. The van der Waals surface area contributed by atoms with Crippen molar-refractivity contribution in [3.63, 3.8) is 0 Å². The van der Waals surface area contributed by atoms with Crippen LogP contribution in [0.3, 0.4) is 0 Å². The Labute approximate surface area is 200 Å². The molecule has 1 aromatic heterocycles. The van der Waals surface area contributed by atoms with E-state index in [4.69, 9.17) is 11.6 Å². The lowest BCUT2D eigenvalue weighted by Crippen LogP contribution is -2.50. The average Bonchev–Trinajstić information content (AvgIpc) is 3.10. The first kappa shape index (κ1) is 23.7. The maximum atomic E-state index is 13.0. The molecule has 4 rings (SSSR count). The van der Waals surface area contributed by atoms with Gasteiger partial charge in [0.15, 0.2) is 0 Å². The van der Waals surface area contributed by atoms with Crippen LogP contribution in [0, 0.1) is 13.8 Å². The van der Waals surface area contributed by atoms with Gasteiger partial charge in [0.2, 0.25) is 0 Å². The standard InChI is InChI=1S/C24H23ClF2N4O3/c1-15-21(25)16(2)31(28-15)18-9-7-17(8-10-18)22(32)29-11-13-30(14-12-29)23(33)19-5-3-4-6-20(19)34-24(26)27/h3-10,24H,11-14H2,1-2H3. The highest BCUT2D eigenvalue weighted by Crippen LogP contribution is 2.24. The number of hydrogen-bond donors (Lipinski definition) is 0. The predicted molar refractivity (Wildman–Crippen MR) is 123 cm³/mol. The van der Waals surface area contributed by atoms with Crippen molar-refractivity contribution >= 4 is 23.4 Å². The van der Waals surface area contributed by atoms with Gasteiger partial charge in [-0.05, 0) is 50.2 Å². The molecule has 10 heteroatoms. The van der Waals surface area contributed by atoms with E-state index in [0.29, 0.717) is 23.7 Å². The fourth-order valence-electron chi connectivity index (χ4n) is 3.93. The molecule has 1 saturated heterocycles. The molecule has 178 valence electrons. The molecule has 0 aliphatic carbocycles. The number of para-hydroxylation sites is 1. The van der Waals surface area contributed by atoms with Crippen molar-refractivity contribution in [1.29, 1.82) is 0 Å². The summed E-state index contributed by atoms with van der Waals surface area (Å²) in [6.45, 7) is 1.92. The van der Waals surface area contributed by atoms with Crippen LogP contribution in [0.1, 0.15) is 32.1 Å². The second-order valence-electron chi connectivity index (χ2n) is 7.90. The molecule has 0 atom stereocenters. The summed E-state index contributed by atoms with van der Waals surface area (Å²) < 4.78 is 31.5. The van der Waals surface area contributed by atoms with E-state index in [0.717, 1.165) is 17.1 Å². The molecule has 34 heavy (non-hydrogen) atoms. The third-order valence-corrected chi connectivity index (χ3v) is 6.30. The molecule has 1 fully saturated rings. The number of alkyl halides is 2. The van der Waals surface area contributed by atoms with Crippen LogP contribution in [-0.2, 0) is 0 Å². The Morgan fingerprint density at radius 2 is 1.53 bits per heavy atom. The zero-order valence-electron chi connectivity index (χ0n) is 18.7. The van der Waals surface area contributed by atoms with E-state index in [1.807, 2.05) is 26.0 Å². The summed E-state index contributed by atoms with van der Waals surface area (Å²) in [6.07, 6.45) is 0. The van der Waals surface area contributed by atoms with Gasteiger partial charge in [0.05, 0.1) is 27.7 Å². The first-order valence-corrected chi connectivity index (χ1v) is 11.1. The van der Waals surface area contributed by atoms with Crippen LogP contribution in [0.25, 0.3) is 5.69 Å². The number of piperazine rings is 1. The van der Waals surface area contributed by atoms with Crippen LogP contribution < -0.4 is 4.74 Å². The first-order valence-electron chi connectivity index (χ1n) is 10.7. The topological polar surface area (TPSA) is 67.7 Å². The lowest BCUT2D eigenvalue weighted by atomic mass is 10.1. The molecule has 1 aliphatic heterocycles. The number of aromatic nitrogens is 2. The van der Waals surface area contributed by atoms with Crippen molar-refractivity contribution in [3.8, 4) is 11.4 Å². The van der Waals surface area contributed by atoms with Gasteiger partial charge in [-0.25, -0.2) is 4.68 Å². The monoisotopic (exact) mass is 488 g/mol. The zero-order chi connectivity index (χ0) is 24.4. The van der Waals surface area contributed by atoms with Crippen molar-refractivity contribution in [1.82, 2.24) is 19.6 Å². The number of rotatable bonds is 5. The van der Waals surface area contributed by atoms with Gasteiger partial charge < -0.3 is 14.5 Å². The van der Waals surface area contributed by atoms with Gasteiger partial charge in [-0.3, -0.25) is 9.59 Å². The van der Waals surface area contributed by atoms with Crippen molar-refractivity contribution in [2.75, 3.05) is 26.2 Å². The summed E-state index contributed by atoms with van der Waals surface area (Å²) >= 11 is 6.22. The largest absolute Gasteiger partial charge is 0.434 e. The predicted octanol–water partition coefficient (Wildman–Crippen LogP) is 4.34. The summed E-state index contributed by atoms with van der Waals surface area (Å²) in [7, 11) is 0. The summed E-state index contributed by atoms with van der Waals surface area (Å²) in [5.41, 5.74) is 2.94. The summed E-state index contributed by atoms with van der Waals surface area (Å²) in [5, 5.41) is 5.02. The highest BCUT2D eigenvalue weighted by molar-refractivity contribution is 6.31. The van der Waals surface area contributed by atoms with Crippen LogP contribution >= 0.6 is 11.6 Å². The molecular weight excluding hydrogens is 466 g/mol. The van der Waals surface area contributed by atoms with Gasteiger partial charge in [0.25, 0.3) is 11.8 Å². The average molecular weight is 489 g/mol. The normalized spacial score (nSPS) is 13.9. The highest BCUT2D eigenvalue weighted by atomic mass is 35.5. The molecule has 7 nitrogen and oxygen atoms in total. The number of ether oxygens (including phenoxy) is 1. The number of carbonyl (C=O) groups is 2. The van der Waals surface area contributed by atoms with Crippen LogP contribution in [0.15, 0.2) is 48.5 Å². The Morgan fingerprint density at radius 1 is 0.941 bits per heavy atom. The first-order chi connectivity index (χ1) is 16.3. The second-order valence-corrected chi connectivity index (χ2v) is 8.28. The quantitative estimate of drug-likeness (QED) is 0.536. The maximum Gasteiger partial charge on any atom is 0.387 e. The van der Waals surface area contributed by atoms with Gasteiger partial charge in [0.1, 0.15) is 5.75 Å². The van der Waals surface area contributed by atoms with Gasteiger partial charge in [-0.2, -0.15) is 13.9 Å². The maximum absolute atomic E-state index is 13.0. The number of amides is 2. The molecule has 0 radical (unpaired) electrons. The molecule has 2 amide bonds. The third kappa shape index (κ3) is 4.75. The second kappa shape index (κ2) is 9.80. The molecule has 0 bridgehead atoms. The summed E-state index contributed by atoms with van der Waals surface area (Å²) in [4.78, 5) is 29.0. The number of hydrogen-bond acceptors (Lipinski definition) is 4. The Hall–Kier alpha value is -3.46. The lowest BCUT2D eigenvalue weighted by Gasteiger charge is -2.35. The minimum absolute atomic E-state index is 0.0717. The zero-order valence-corrected chi connectivity index (χ0v) is 19.4. The number of halogens is 3. The van der Waals surface area contributed by atoms with Gasteiger partial charge in [-0.15, -0.1) is 0 Å². The molecule has 2 aromatic carbocycles. The summed E-state index contributed by atoms with van der Waals surface area (Å²) in [5.74, 6) is -0.715. The van der Waals surface area contributed by atoms with Crippen molar-refractivity contribution in [2.24, 2.45) is 0 Å². The Morgan fingerprint density at radius 3 is 2.09 bits per heavy atom. The molecule has 2 heterocycles.